The molecule has 1 N–H and O–H groups in total. The van der Waals surface area contributed by atoms with Crippen LogP contribution in [0, 0.1) is 6.92 Å². The largest absolute Gasteiger partial charge is 0.350 e. The van der Waals surface area contributed by atoms with Gasteiger partial charge in [0.2, 0.25) is 0 Å². The van der Waals surface area contributed by atoms with Crippen molar-refractivity contribution in [1.29, 1.82) is 0 Å². The van der Waals surface area contributed by atoms with Crippen molar-refractivity contribution in [2.45, 2.75) is 24.1 Å². The Balaban J connectivity index is 1.62. The van der Waals surface area contributed by atoms with E-state index in [1.807, 2.05) is 25.1 Å². The summed E-state index contributed by atoms with van der Waals surface area (Å²) in [6.45, 7) is 2.76. The molecule has 0 aliphatic rings. The SMILES string of the molecule is Cc1cc(-c2ccncc2)nn1CCNC(=O)c1ccccc1SC(F)F. The third kappa shape index (κ3) is 4.91. The van der Waals surface area contributed by atoms with Gasteiger partial charge in [0.1, 0.15) is 0 Å². The molecule has 27 heavy (non-hydrogen) atoms. The molecule has 2 aromatic heterocycles. The van der Waals surface area contributed by atoms with Gasteiger partial charge in [0.15, 0.2) is 0 Å². The number of alkyl halides is 2. The topological polar surface area (TPSA) is 59.8 Å². The van der Waals surface area contributed by atoms with Crippen LogP contribution in [0.3, 0.4) is 0 Å². The lowest BCUT2D eigenvalue weighted by Gasteiger charge is -2.10. The number of nitrogens with one attached hydrogen (secondary N) is 1. The number of hydrogen-bond acceptors (Lipinski definition) is 4. The van der Waals surface area contributed by atoms with Crippen molar-refractivity contribution in [1.82, 2.24) is 20.1 Å². The van der Waals surface area contributed by atoms with Crippen LogP contribution in [0.4, 0.5) is 8.78 Å². The number of amides is 1. The molecule has 140 valence electrons. The maximum Gasteiger partial charge on any atom is 0.288 e. The van der Waals surface area contributed by atoms with E-state index >= 15 is 0 Å². The highest BCUT2D eigenvalue weighted by molar-refractivity contribution is 7.99. The molecule has 0 spiro atoms. The monoisotopic (exact) mass is 388 g/mol. The van der Waals surface area contributed by atoms with Crippen LogP contribution in [0.2, 0.25) is 0 Å². The molecule has 0 saturated heterocycles. The van der Waals surface area contributed by atoms with Gasteiger partial charge in [-0.25, -0.2) is 0 Å². The van der Waals surface area contributed by atoms with Gasteiger partial charge in [0, 0.05) is 35.1 Å². The molecular weight excluding hydrogens is 370 g/mol. The quantitative estimate of drug-likeness (QED) is 0.622. The van der Waals surface area contributed by atoms with Crippen molar-refractivity contribution in [2.75, 3.05) is 6.54 Å². The van der Waals surface area contributed by atoms with E-state index in [1.54, 1.807) is 35.3 Å². The van der Waals surface area contributed by atoms with Gasteiger partial charge < -0.3 is 5.32 Å². The predicted octanol–water partition coefficient (Wildman–Crippen LogP) is 4.00. The van der Waals surface area contributed by atoms with E-state index in [4.69, 9.17) is 0 Å². The van der Waals surface area contributed by atoms with Crippen LogP contribution >= 0.6 is 11.8 Å². The second-order valence-electron chi connectivity index (χ2n) is 5.76. The minimum atomic E-state index is -2.57. The summed E-state index contributed by atoms with van der Waals surface area (Å²) in [7, 11) is 0. The Morgan fingerprint density at radius 2 is 1.96 bits per heavy atom. The van der Waals surface area contributed by atoms with Crippen LogP contribution in [0.15, 0.2) is 59.8 Å². The summed E-state index contributed by atoms with van der Waals surface area (Å²) in [5, 5.41) is 7.31. The van der Waals surface area contributed by atoms with E-state index in [0.29, 0.717) is 24.9 Å². The first-order chi connectivity index (χ1) is 13.0. The molecule has 0 radical (unpaired) electrons. The first-order valence-corrected chi connectivity index (χ1v) is 9.19. The predicted molar refractivity (Wildman–Crippen MR) is 101 cm³/mol. The first-order valence-electron chi connectivity index (χ1n) is 8.31. The van der Waals surface area contributed by atoms with Gasteiger partial charge in [0.05, 0.1) is 17.8 Å². The third-order valence-electron chi connectivity index (χ3n) is 3.91. The van der Waals surface area contributed by atoms with E-state index in [2.05, 4.69) is 15.4 Å². The van der Waals surface area contributed by atoms with Crippen molar-refractivity contribution in [3.8, 4) is 11.3 Å². The molecule has 0 unspecified atom stereocenters. The lowest BCUT2D eigenvalue weighted by Crippen LogP contribution is -2.28. The second-order valence-corrected chi connectivity index (χ2v) is 6.79. The molecule has 1 aromatic carbocycles. The lowest BCUT2D eigenvalue weighted by molar-refractivity contribution is 0.0949. The Hall–Kier alpha value is -2.74. The number of thioether (sulfide) groups is 1. The second kappa shape index (κ2) is 8.77. The molecule has 3 aromatic rings. The lowest BCUT2D eigenvalue weighted by atomic mass is 10.2. The van der Waals surface area contributed by atoms with E-state index in [9.17, 15) is 13.6 Å². The Morgan fingerprint density at radius 3 is 2.70 bits per heavy atom. The maximum atomic E-state index is 12.6. The number of nitrogens with zero attached hydrogens (tertiary/aromatic N) is 3. The maximum absolute atomic E-state index is 12.6. The molecule has 0 atom stereocenters. The van der Waals surface area contributed by atoms with Gasteiger partial charge in [-0.2, -0.15) is 13.9 Å². The number of halogens is 2. The molecule has 8 heteroatoms. The van der Waals surface area contributed by atoms with Gasteiger partial charge >= 0.3 is 0 Å². The van der Waals surface area contributed by atoms with Crippen molar-refractivity contribution in [3.63, 3.8) is 0 Å². The zero-order valence-electron chi connectivity index (χ0n) is 14.6. The summed E-state index contributed by atoms with van der Waals surface area (Å²) in [5.41, 5.74) is 3.01. The van der Waals surface area contributed by atoms with Crippen molar-refractivity contribution in [3.05, 3.63) is 66.1 Å². The van der Waals surface area contributed by atoms with Gasteiger partial charge in [0.25, 0.3) is 11.7 Å². The molecule has 2 heterocycles. The highest BCUT2D eigenvalue weighted by atomic mass is 32.2. The smallest absolute Gasteiger partial charge is 0.288 e. The van der Waals surface area contributed by atoms with Crippen LogP contribution in [0.5, 0.6) is 0 Å². The summed E-state index contributed by atoms with van der Waals surface area (Å²) < 4.78 is 27.1. The molecular formula is C19H18F2N4OS. The molecule has 5 nitrogen and oxygen atoms in total. The van der Waals surface area contributed by atoms with E-state index in [0.717, 1.165) is 17.0 Å². The average molecular weight is 388 g/mol. The average Bonchev–Trinajstić information content (AvgIpc) is 3.03. The first kappa shape index (κ1) is 19.0. The number of carbonyl (C=O) groups excluding carboxylic acids is 1. The molecule has 0 aliphatic carbocycles. The van der Waals surface area contributed by atoms with Gasteiger partial charge in [-0.1, -0.05) is 23.9 Å². The fraction of sp³-hybridized carbons (Fsp3) is 0.211. The number of aryl methyl sites for hydroxylation is 1. The molecule has 0 aliphatic heterocycles. The molecule has 0 saturated carbocycles. The number of rotatable bonds is 7. The Kier molecular flexibility index (Phi) is 6.18. The number of hydrogen-bond donors (Lipinski definition) is 1. The summed E-state index contributed by atoms with van der Waals surface area (Å²) >= 11 is 0.370. The number of benzene rings is 1. The zero-order valence-corrected chi connectivity index (χ0v) is 15.4. The van der Waals surface area contributed by atoms with Crippen LogP contribution in [-0.4, -0.2) is 33.0 Å². The standard InChI is InChI=1S/C19H18F2N4OS/c1-13-12-16(14-6-8-22-9-7-14)24-25(13)11-10-23-18(26)15-4-2-3-5-17(15)27-19(20)21/h2-9,12,19H,10-11H2,1H3,(H,23,26). The Bertz CT molecular complexity index is 915. The molecule has 1 amide bonds. The summed E-state index contributed by atoms with van der Waals surface area (Å²) in [5.74, 6) is -2.95. The normalized spacial score (nSPS) is 11.0. The van der Waals surface area contributed by atoms with Crippen LogP contribution < -0.4 is 5.32 Å². The van der Waals surface area contributed by atoms with Gasteiger partial charge in [-0.15, -0.1) is 0 Å². The van der Waals surface area contributed by atoms with Crippen molar-refractivity contribution < 1.29 is 13.6 Å². The Labute approximate surface area is 159 Å². The summed E-state index contributed by atoms with van der Waals surface area (Å²) in [4.78, 5) is 16.6. The number of carbonyl (C=O) groups is 1. The summed E-state index contributed by atoms with van der Waals surface area (Å²) in [6.07, 6.45) is 3.41. The summed E-state index contributed by atoms with van der Waals surface area (Å²) in [6, 6.07) is 12.1. The third-order valence-corrected chi connectivity index (χ3v) is 4.70. The number of aromatic nitrogens is 3. The molecule has 0 bridgehead atoms. The molecule has 0 fully saturated rings. The van der Waals surface area contributed by atoms with Crippen LogP contribution in [0.1, 0.15) is 16.1 Å². The fourth-order valence-corrected chi connectivity index (χ4v) is 3.26. The van der Waals surface area contributed by atoms with E-state index < -0.39 is 5.76 Å². The fourth-order valence-electron chi connectivity index (χ4n) is 2.62. The van der Waals surface area contributed by atoms with Crippen LogP contribution in [-0.2, 0) is 6.54 Å². The Morgan fingerprint density at radius 1 is 1.22 bits per heavy atom. The highest BCUT2D eigenvalue weighted by Crippen LogP contribution is 2.28. The van der Waals surface area contributed by atoms with Crippen molar-refractivity contribution >= 4 is 17.7 Å². The van der Waals surface area contributed by atoms with Gasteiger partial charge in [-0.05, 0) is 37.3 Å². The van der Waals surface area contributed by atoms with Crippen LogP contribution in [0.25, 0.3) is 11.3 Å². The van der Waals surface area contributed by atoms with Crippen molar-refractivity contribution in [2.24, 2.45) is 0 Å². The minimum absolute atomic E-state index is 0.248. The highest BCUT2D eigenvalue weighted by Gasteiger charge is 2.15. The molecule has 3 rings (SSSR count). The zero-order chi connectivity index (χ0) is 19.2. The minimum Gasteiger partial charge on any atom is -0.350 e. The number of pyridine rings is 1. The van der Waals surface area contributed by atoms with E-state index in [-0.39, 0.29) is 16.4 Å². The van der Waals surface area contributed by atoms with E-state index in [1.165, 1.54) is 6.07 Å². The van der Waals surface area contributed by atoms with Gasteiger partial charge in [-0.3, -0.25) is 14.5 Å².